The van der Waals surface area contributed by atoms with Crippen LogP contribution in [0.15, 0.2) is 23.2 Å². The zero-order valence-electron chi connectivity index (χ0n) is 13.3. The van der Waals surface area contributed by atoms with E-state index >= 15 is 0 Å². The molecule has 1 N–H and O–H groups in total. The molecule has 0 fully saturated rings. The quantitative estimate of drug-likeness (QED) is 0.635. The molecule has 0 atom stereocenters. The topological polar surface area (TPSA) is 50.7 Å². The van der Waals surface area contributed by atoms with Crippen molar-refractivity contribution in [1.29, 1.82) is 0 Å². The molecule has 0 radical (unpaired) electrons. The van der Waals surface area contributed by atoms with Crippen molar-refractivity contribution < 1.29 is 9.53 Å². The normalized spacial score (nSPS) is 11.9. The maximum absolute atomic E-state index is 12.2. The Morgan fingerprint density at radius 2 is 1.86 bits per heavy atom. The minimum Gasteiger partial charge on any atom is -0.465 e. The third kappa shape index (κ3) is 6.67. The van der Waals surface area contributed by atoms with E-state index in [-0.39, 0.29) is 11.9 Å². The van der Waals surface area contributed by atoms with Crippen LogP contribution >= 0.6 is 23.2 Å². The van der Waals surface area contributed by atoms with Crippen molar-refractivity contribution in [3.8, 4) is 0 Å². The highest BCUT2D eigenvalue weighted by Crippen LogP contribution is 2.22. The number of aliphatic imine (C=N–C) groups is 1. The van der Waals surface area contributed by atoms with Crippen LogP contribution in [0.2, 0.25) is 10.0 Å². The number of rotatable bonds is 5. The summed E-state index contributed by atoms with van der Waals surface area (Å²) in [7, 11) is 0. The number of halogens is 2. The molecule has 0 bridgehead atoms. The predicted octanol–water partition coefficient (Wildman–Crippen LogP) is 4.41. The number of nitrogens with zero attached hydrogens (tertiary/aromatic N) is 1. The smallest absolute Gasteiger partial charge is 0.291 e. The molecule has 0 unspecified atom stereocenters. The van der Waals surface area contributed by atoms with Gasteiger partial charge in [0.05, 0.1) is 16.7 Å². The molecule has 1 amide bonds. The molecule has 4 nitrogen and oxygen atoms in total. The van der Waals surface area contributed by atoms with Crippen LogP contribution in [-0.2, 0) is 4.74 Å². The number of hydrogen-bond donors (Lipinski definition) is 1. The largest absolute Gasteiger partial charge is 0.465 e. The van der Waals surface area contributed by atoms with Crippen LogP contribution in [-0.4, -0.2) is 25.1 Å². The summed E-state index contributed by atoms with van der Waals surface area (Å²) in [6.45, 7) is 9.21. The minimum atomic E-state index is -0.329. The second-order valence-electron chi connectivity index (χ2n) is 5.83. The highest BCUT2D eigenvalue weighted by atomic mass is 35.5. The van der Waals surface area contributed by atoms with E-state index in [1.807, 2.05) is 27.7 Å². The highest BCUT2D eigenvalue weighted by molar-refractivity contribution is 6.42. The van der Waals surface area contributed by atoms with Crippen molar-refractivity contribution in [2.24, 2.45) is 16.8 Å². The van der Waals surface area contributed by atoms with E-state index in [9.17, 15) is 4.79 Å². The summed E-state index contributed by atoms with van der Waals surface area (Å²) >= 11 is 11.8. The fourth-order valence-electron chi connectivity index (χ4n) is 1.44. The molecule has 0 saturated heterocycles. The SMILES string of the molecule is CC(C)CN=C(NC(=O)c1ccc(Cl)c(Cl)c1)OCC(C)C. The number of ether oxygens (including phenoxy) is 1. The summed E-state index contributed by atoms with van der Waals surface area (Å²) in [6, 6.07) is 4.94. The maximum Gasteiger partial charge on any atom is 0.291 e. The van der Waals surface area contributed by atoms with E-state index in [0.29, 0.717) is 40.6 Å². The molecule has 0 spiro atoms. The first-order valence-corrected chi connectivity index (χ1v) is 7.98. The van der Waals surface area contributed by atoms with Gasteiger partial charge in [-0.3, -0.25) is 10.1 Å². The molecule has 0 heterocycles. The highest BCUT2D eigenvalue weighted by Gasteiger charge is 2.12. The molecule has 0 aliphatic rings. The van der Waals surface area contributed by atoms with Crippen molar-refractivity contribution in [1.82, 2.24) is 5.32 Å². The van der Waals surface area contributed by atoms with Gasteiger partial charge in [-0.15, -0.1) is 0 Å². The lowest BCUT2D eigenvalue weighted by Crippen LogP contribution is -2.33. The molecule has 1 aromatic carbocycles. The van der Waals surface area contributed by atoms with Gasteiger partial charge in [0.15, 0.2) is 0 Å². The van der Waals surface area contributed by atoms with Crippen LogP contribution in [0, 0.1) is 11.8 Å². The third-order valence-electron chi connectivity index (χ3n) is 2.56. The van der Waals surface area contributed by atoms with Crippen molar-refractivity contribution in [2.45, 2.75) is 27.7 Å². The van der Waals surface area contributed by atoms with Crippen molar-refractivity contribution in [2.75, 3.05) is 13.2 Å². The van der Waals surface area contributed by atoms with Crippen molar-refractivity contribution in [3.05, 3.63) is 33.8 Å². The van der Waals surface area contributed by atoms with Crippen LogP contribution in [0.5, 0.6) is 0 Å². The average molecular weight is 345 g/mol. The Morgan fingerprint density at radius 1 is 1.18 bits per heavy atom. The lowest BCUT2D eigenvalue weighted by atomic mass is 10.2. The molecule has 6 heteroatoms. The van der Waals surface area contributed by atoms with Crippen molar-refractivity contribution >= 4 is 35.1 Å². The number of carbonyl (C=O) groups excluding carboxylic acids is 1. The van der Waals surface area contributed by atoms with Gasteiger partial charge < -0.3 is 4.74 Å². The van der Waals surface area contributed by atoms with E-state index in [2.05, 4.69) is 10.3 Å². The first-order valence-electron chi connectivity index (χ1n) is 7.23. The van der Waals surface area contributed by atoms with Crippen LogP contribution in [0.1, 0.15) is 38.1 Å². The summed E-state index contributed by atoms with van der Waals surface area (Å²) in [5, 5.41) is 3.41. The Morgan fingerprint density at radius 3 is 2.41 bits per heavy atom. The van der Waals surface area contributed by atoms with Gasteiger partial charge in [0.2, 0.25) is 0 Å². The molecule has 22 heavy (non-hydrogen) atoms. The van der Waals surface area contributed by atoms with Gasteiger partial charge in [-0.1, -0.05) is 50.9 Å². The summed E-state index contributed by atoms with van der Waals surface area (Å²) in [5.41, 5.74) is 0.403. The Labute approximate surface area is 141 Å². The number of amides is 1. The predicted molar refractivity (Wildman–Crippen MR) is 91.9 cm³/mol. The first kappa shape index (κ1) is 18.8. The average Bonchev–Trinajstić information content (AvgIpc) is 2.44. The van der Waals surface area contributed by atoms with Gasteiger partial charge in [0.25, 0.3) is 11.9 Å². The maximum atomic E-state index is 12.2. The van der Waals surface area contributed by atoms with Crippen LogP contribution in [0.25, 0.3) is 0 Å². The fourth-order valence-corrected chi connectivity index (χ4v) is 1.74. The van der Waals surface area contributed by atoms with Gasteiger partial charge in [0.1, 0.15) is 0 Å². The van der Waals surface area contributed by atoms with Gasteiger partial charge in [0, 0.05) is 12.1 Å². The first-order chi connectivity index (χ1) is 10.3. The fraction of sp³-hybridized carbons (Fsp3) is 0.500. The van der Waals surface area contributed by atoms with Gasteiger partial charge >= 0.3 is 0 Å². The zero-order chi connectivity index (χ0) is 16.7. The number of benzene rings is 1. The number of nitrogens with one attached hydrogen (secondary N) is 1. The van der Waals surface area contributed by atoms with E-state index in [0.717, 1.165) is 0 Å². The Balaban J connectivity index is 2.80. The number of amidine groups is 1. The lowest BCUT2D eigenvalue weighted by Gasteiger charge is -2.13. The Hall–Kier alpha value is -1.26. The molecule has 0 aliphatic carbocycles. The molecule has 0 aliphatic heterocycles. The minimum absolute atomic E-state index is 0.235. The monoisotopic (exact) mass is 344 g/mol. The zero-order valence-corrected chi connectivity index (χ0v) is 14.8. The van der Waals surface area contributed by atoms with E-state index < -0.39 is 0 Å². The standard InChI is InChI=1S/C16H22Cl2N2O2/c1-10(2)8-19-16(22-9-11(3)4)20-15(21)12-5-6-13(17)14(18)7-12/h5-7,10-11H,8-9H2,1-4H3,(H,19,20,21). The second-order valence-corrected chi connectivity index (χ2v) is 6.64. The Bertz CT molecular complexity index is 543. The van der Waals surface area contributed by atoms with Crippen LogP contribution in [0.4, 0.5) is 0 Å². The molecular formula is C16H22Cl2N2O2. The number of hydrogen-bond acceptors (Lipinski definition) is 3. The van der Waals surface area contributed by atoms with E-state index in [4.69, 9.17) is 27.9 Å². The molecule has 122 valence electrons. The molecule has 0 aromatic heterocycles. The van der Waals surface area contributed by atoms with Crippen molar-refractivity contribution in [3.63, 3.8) is 0 Å². The van der Waals surface area contributed by atoms with Gasteiger partial charge in [-0.2, -0.15) is 0 Å². The summed E-state index contributed by atoms with van der Waals surface area (Å²) in [5.74, 6) is 0.385. The second kappa shape index (κ2) is 9.01. The molecular weight excluding hydrogens is 323 g/mol. The third-order valence-corrected chi connectivity index (χ3v) is 3.29. The number of carbonyl (C=O) groups is 1. The van der Waals surface area contributed by atoms with Gasteiger partial charge in [-0.05, 0) is 30.0 Å². The summed E-state index contributed by atoms with van der Waals surface area (Å²) in [6.07, 6.45) is 0. The van der Waals surface area contributed by atoms with Gasteiger partial charge in [-0.25, -0.2) is 4.99 Å². The lowest BCUT2D eigenvalue weighted by molar-refractivity contribution is 0.0963. The summed E-state index contributed by atoms with van der Waals surface area (Å²) in [4.78, 5) is 16.5. The van der Waals surface area contributed by atoms with Crippen LogP contribution < -0.4 is 5.32 Å². The molecule has 0 saturated carbocycles. The van der Waals surface area contributed by atoms with E-state index in [1.165, 1.54) is 6.07 Å². The Kier molecular flexibility index (Phi) is 7.69. The molecule has 1 rings (SSSR count). The van der Waals surface area contributed by atoms with E-state index in [1.54, 1.807) is 12.1 Å². The summed E-state index contributed by atoms with van der Waals surface area (Å²) < 4.78 is 5.56. The van der Waals surface area contributed by atoms with Crippen LogP contribution in [0.3, 0.4) is 0 Å². The molecule has 1 aromatic rings.